The van der Waals surface area contributed by atoms with Crippen molar-refractivity contribution in [1.29, 1.82) is 0 Å². The van der Waals surface area contributed by atoms with Crippen LogP contribution in [0, 0.1) is 6.92 Å². The third-order valence-electron chi connectivity index (χ3n) is 2.06. The van der Waals surface area contributed by atoms with Crippen molar-refractivity contribution in [3.05, 3.63) is 46.2 Å². The van der Waals surface area contributed by atoms with Gasteiger partial charge in [-0.05, 0) is 25.1 Å². The number of hydrogen-bond acceptors (Lipinski definition) is 5. The van der Waals surface area contributed by atoms with Crippen LogP contribution in [-0.2, 0) is 0 Å². The van der Waals surface area contributed by atoms with Crippen LogP contribution in [0.1, 0.15) is 21.6 Å². The first-order valence-corrected chi connectivity index (χ1v) is 5.42. The first kappa shape index (κ1) is 10.2. The van der Waals surface area contributed by atoms with E-state index in [1.54, 1.807) is 29.8 Å². The van der Waals surface area contributed by atoms with Crippen LogP contribution < -0.4 is 11.3 Å². The van der Waals surface area contributed by atoms with Crippen molar-refractivity contribution < 1.29 is 0 Å². The van der Waals surface area contributed by atoms with Gasteiger partial charge in [0.25, 0.3) is 0 Å². The average molecular weight is 220 g/mol. The van der Waals surface area contributed by atoms with Crippen molar-refractivity contribution >= 4 is 11.3 Å². The smallest absolute Gasteiger partial charge is 0.151 e. The number of aromatic nitrogens is 2. The lowest BCUT2D eigenvalue weighted by Crippen LogP contribution is -2.29. The summed E-state index contributed by atoms with van der Waals surface area (Å²) in [4.78, 5) is 10.8. The van der Waals surface area contributed by atoms with Gasteiger partial charge in [0.2, 0.25) is 0 Å². The zero-order chi connectivity index (χ0) is 10.7. The second-order valence-corrected chi connectivity index (χ2v) is 4.47. The molecule has 0 aromatic carbocycles. The molecule has 2 heterocycles. The second kappa shape index (κ2) is 4.48. The third-order valence-corrected chi connectivity index (χ3v) is 3.12. The lowest BCUT2D eigenvalue weighted by Gasteiger charge is -2.11. The molecule has 5 heteroatoms. The summed E-state index contributed by atoms with van der Waals surface area (Å²) in [5.74, 6) is 6.22. The number of hydrazine groups is 1. The van der Waals surface area contributed by atoms with Gasteiger partial charge in [0.1, 0.15) is 6.04 Å². The van der Waals surface area contributed by atoms with Gasteiger partial charge in [-0.15, -0.1) is 11.3 Å². The van der Waals surface area contributed by atoms with E-state index in [1.165, 1.54) is 4.88 Å². The van der Waals surface area contributed by atoms with Crippen molar-refractivity contribution in [3.63, 3.8) is 0 Å². The van der Waals surface area contributed by atoms with Gasteiger partial charge in [-0.1, -0.05) is 0 Å². The SMILES string of the molecule is Cc1ccc(C(NN)c2ncccn2)s1. The second-order valence-electron chi connectivity index (χ2n) is 3.16. The molecule has 15 heavy (non-hydrogen) atoms. The predicted octanol–water partition coefficient (Wildman–Crippen LogP) is 1.40. The number of nitrogens with two attached hydrogens (primary N) is 1. The Morgan fingerprint density at radius 3 is 2.60 bits per heavy atom. The van der Waals surface area contributed by atoms with E-state index < -0.39 is 0 Å². The number of rotatable bonds is 3. The van der Waals surface area contributed by atoms with Crippen LogP contribution in [0.25, 0.3) is 0 Å². The molecule has 0 bridgehead atoms. The molecule has 0 radical (unpaired) electrons. The summed E-state index contributed by atoms with van der Waals surface area (Å²) in [6, 6.07) is 5.77. The Hall–Kier alpha value is -1.30. The molecule has 2 aromatic rings. The molecule has 1 atom stereocenters. The molecule has 78 valence electrons. The normalized spacial score (nSPS) is 12.7. The molecule has 0 saturated heterocycles. The summed E-state index contributed by atoms with van der Waals surface area (Å²) in [6.07, 6.45) is 3.43. The van der Waals surface area contributed by atoms with Gasteiger partial charge in [-0.2, -0.15) is 0 Å². The molecule has 0 aliphatic heterocycles. The topological polar surface area (TPSA) is 63.8 Å². The Bertz CT molecular complexity index is 426. The van der Waals surface area contributed by atoms with Gasteiger partial charge < -0.3 is 0 Å². The molecular weight excluding hydrogens is 208 g/mol. The summed E-state index contributed by atoms with van der Waals surface area (Å²) in [5, 5.41) is 0. The predicted molar refractivity (Wildman–Crippen MR) is 60.3 cm³/mol. The van der Waals surface area contributed by atoms with Gasteiger partial charge in [0, 0.05) is 22.1 Å². The molecule has 0 fully saturated rings. The highest BCUT2D eigenvalue weighted by molar-refractivity contribution is 7.12. The molecule has 2 aromatic heterocycles. The van der Waals surface area contributed by atoms with Crippen molar-refractivity contribution in [2.75, 3.05) is 0 Å². The minimum Gasteiger partial charge on any atom is -0.270 e. The zero-order valence-electron chi connectivity index (χ0n) is 8.34. The fourth-order valence-corrected chi connectivity index (χ4v) is 2.29. The largest absolute Gasteiger partial charge is 0.270 e. The zero-order valence-corrected chi connectivity index (χ0v) is 9.16. The number of nitrogens with zero attached hydrogens (tertiary/aromatic N) is 2. The van der Waals surface area contributed by atoms with Crippen LogP contribution in [0.3, 0.4) is 0 Å². The van der Waals surface area contributed by atoms with E-state index in [0.717, 1.165) is 4.88 Å². The van der Waals surface area contributed by atoms with Gasteiger partial charge in [-0.25, -0.2) is 15.4 Å². The van der Waals surface area contributed by atoms with E-state index in [-0.39, 0.29) is 6.04 Å². The van der Waals surface area contributed by atoms with Crippen LogP contribution >= 0.6 is 11.3 Å². The quantitative estimate of drug-likeness (QED) is 0.606. The van der Waals surface area contributed by atoms with Crippen molar-refractivity contribution in [3.8, 4) is 0 Å². The lowest BCUT2D eigenvalue weighted by molar-refractivity contribution is 0.610. The Labute approximate surface area is 92.2 Å². The van der Waals surface area contributed by atoms with E-state index in [1.807, 2.05) is 6.07 Å². The Balaban J connectivity index is 2.33. The van der Waals surface area contributed by atoms with E-state index in [0.29, 0.717) is 5.82 Å². The van der Waals surface area contributed by atoms with Crippen molar-refractivity contribution in [2.45, 2.75) is 13.0 Å². The van der Waals surface area contributed by atoms with Crippen LogP contribution in [-0.4, -0.2) is 9.97 Å². The molecule has 1 unspecified atom stereocenters. The fraction of sp³-hybridized carbons (Fsp3) is 0.200. The molecular formula is C10H12N4S. The lowest BCUT2D eigenvalue weighted by atomic mass is 10.2. The van der Waals surface area contributed by atoms with E-state index in [9.17, 15) is 0 Å². The first-order valence-electron chi connectivity index (χ1n) is 4.60. The first-order chi connectivity index (χ1) is 7.31. The maximum Gasteiger partial charge on any atom is 0.151 e. The summed E-state index contributed by atoms with van der Waals surface area (Å²) in [7, 11) is 0. The summed E-state index contributed by atoms with van der Waals surface area (Å²) >= 11 is 1.69. The number of nitrogens with one attached hydrogen (secondary N) is 1. The van der Waals surface area contributed by atoms with E-state index in [4.69, 9.17) is 5.84 Å². The molecule has 4 nitrogen and oxygen atoms in total. The number of aryl methyl sites for hydroxylation is 1. The molecule has 0 saturated carbocycles. The van der Waals surface area contributed by atoms with E-state index >= 15 is 0 Å². The highest BCUT2D eigenvalue weighted by atomic mass is 32.1. The summed E-state index contributed by atoms with van der Waals surface area (Å²) in [5.41, 5.74) is 2.73. The monoisotopic (exact) mass is 220 g/mol. The standard InChI is InChI=1S/C10H12N4S/c1-7-3-4-8(15-7)9(14-11)10-12-5-2-6-13-10/h2-6,9,14H,11H2,1H3. The van der Waals surface area contributed by atoms with Gasteiger partial charge >= 0.3 is 0 Å². The molecule has 0 aliphatic carbocycles. The molecule has 2 rings (SSSR count). The molecule has 0 aliphatic rings. The maximum atomic E-state index is 5.52. The summed E-state index contributed by atoms with van der Waals surface area (Å²) < 4.78 is 0. The van der Waals surface area contributed by atoms with Crippen LogP contribution in [0.4, 0.5) is 0 Å². The van der Waals surface area contributed by atoms with Gasteiger partial charge in [-0.3, -0.25) is 5.84 Å². The maximum absolute atomic E-state index is 5.52. The van der Waals surface area contributed by atoms with Crippen LogP contribution in [0.2, 0.25) is 0 Å². The highest BCUT2D eigenvalue weighted by Gasteiger charge is 2.16. The van der Waals surface area contributed by atoms with E-state index in [2.05, 4.69) is 28.4 Å². The van der Waals surface area contributed by atoms with Crippen molar-refractivity contribution in [2.24, 2.45) is 5.84 Å². The Kier molecular flexibility index (Phi) is 3.05. The average Bonchev–Trinajstić information content (AvgIpc) is 2.68. The number of thiophene rings is 1. The minimum absolute atomic E-state index is 0.120. The van der Waals surface area contributed by atoms with Gasteiger partial charge in [0.15, 0.2) is 5.82 Å². The number of hydrogen-bond donors (Lipinski definition) is 2. The van der Waals surface area contributed by atoms with Crippen LogP contribution in [0.5, 0.6) is 0 Å². The van der Waals surface area contributed by atoms with Crippen molar-refractivity contribution in [1.82, 2.24) is 15.4 Å². The third kappa shape index (κ3) is 2.20. The molecule has 0 spiro atoms. The van der Waals surface area contributed by atoms with Crippen LogP contribution in [0.15, 0.2) is 30.6 Å². The van der Waals surface area contributed by atoms with Gasteiger partial charge in [0.05, 0.1) is 0 Å². The molecule has 0 amide bonds. The fourth-order valence-electron chi connectivity index (χ4n) is 1.35. The Morgan fingerprint density at radius 2 is 2.07 bits per heavy atom. The molecule has 3 N–H and O–H groups in total. The summed E-state index contributed by atoms with van der Waals surface area (Å²) in [6.45, 7) is 2.06. The highest BCUT2D eigenvalue weighted by Crippen LogP contribution is 2.25. The minimum atomic E-state index is -0.120. The Morgan fingerprint density at radius 1 is 1.33 bits per heavy atom.